The van der Waals surface area contributed by atoms with Crippen molar-refractivity contribution in [2.24, 2.45) is 5.92 Å². The Morgan fingerprint density at radius 1 is 1.53 bits per heavy atom. The van der Waals surface area contributed by atoms with Crippen LogP contribution in [0, 0.1) is 5.92 Å². The Balaban J connectivity index is 2.26. The van der Waals surface area contributed by atoms with E-state index in [1.807, 2.05) is 6.92 Å². The smallest absolute Gasteiger partial charge is 0.306 e. The van der Waals surface area contributed by atoms with Crippen molar-refractivity contribution in [3.63, 3.8) is 0 Å². The summed E-state index contributed by atoms with van der Waals surface area (Å²) >= 11 is 0. The van der Waals surface area contributed by atoms with Crippen LogP contribution < -0.4 is 0 Å². The molecule has 1 aliphatic rings. The quantitative estimate of drug-likeness (QED) is 0.529. The van der Waals surface area contributed by atoms with Gasteiger partial charge in [0, 0.05) is 11.3 Å². The number of ether oxygens (including phenoxy) is 1. The van der Waals surface area contributed by atoms with Crippen molar-refractivity contribution in [1.29, 1.82) is 0 Å². The molecule has 0 aromatic rings. The molecule has 0 saturated carbocycles. The minimum absolute atomic E-state index is 0.0376. The van der Waals surface area contributed by atoms with Crippen LogP contribution in [0.2, 0.25) is 0 Å². The predicted molar refractivity (Wildman–Crippen MR) is 56.9 cm³/mol. The second-order valence-electron chi connectivity index (χ2n) is 3.70. The van der Waals surface area contributed by atoms with Gasteiger partial charge in [0.2, 0.25) is 0 Å². The lowest BCUT2D eigenvalue weighted by atomic mass is 10.1. The number of allylic oxidation sites excluding steroid dienone is 1. The van der Waals surface area contributed by atoms with Gasteiger partial charge in [0.05, 0.1) is 18.8 Å². The van der Waals surface area contributed by atoms with E-state index in [4.69, 9.17) is 4.74 Å². The molecule has 1 aliphatic heterocycles. The minimum atomic E-state index is -3.05. The molecule has 0 aromatic carbocycles. The molecule has 0 saturated heterocycles. The van der Waals surface area contributed by atoms with Crippen molar-refractivity contribution in [2.45, 2.75) is 26.2 Å². The summed E-state index contributed by atoms with van der Waals surface area (Å²) in [5.74, 6) is -0.477. The van der Waals surface area contributed by atoms with Gasteiger partial charge in [-0.05, 0) is 6.42 Å². The van der Waals surface area contributed by atoms with E-state index in [0.717, 1.165) is 12.8 Å². The van der Waals surface area contributed by atoms with Crippen LogP contribution in [0.4, 0.5) is 0 Å². The van der Waals surface area contributed by atoms with Crippen LogP contribution in [0.25, 0.3) is 0 Å². The second-order valence-corrected chi connectivity index (χ2v) is 5.63. The highest BCUT2D eigenvalue weighted by molar-refractivity contribution is 7.94. The Bertz CT molecular complexity index is 342. The van der Waals surface area contributed by atoms with E-state index in [1.165, 1.54) is 5.41 Å². The largest absolute Gasteiger partial charge is 0.466 e. The van der Waals surface area contributed by atoms with Gasteiger partial charge in [0.1, 0.15) is 0 Å². The molecule has 1 atom stereocenters. The molecular formula is C10H16O4S. The van der Waals surface area contributed by atoms with Gasteiger partial charge in [0.15, 0.2) is 9.84 Å². The molecule has 1 heterocycles. The molecule has 0 fully saturated rings. The summed E-state index contributed by atoms with van der Waals surface area (Å²) in [5.41, 5.74) is 0. The molecule has 0 spiro atoms. The monoisotopic (exact) mass is 232 g/mol. The molecule has 0 N–H and O–H groups in total. The summed E-state index contributed by atoms with van der Waals surface area (Å²) in [6.45, 7) is 2.44. The third-order valence-electron chi connectivity index (χ3n) is 2.19. The van der Waals surface area contributed by atoms with E-state index < -0.39 is 9.84 Å². The zero-order valence-corrected chi connectivity index (χ0v) is 9.63. The van der Waals surface area contributed by atoms with Gasteiger partial charge in [-0.3, -0.25) is 4.79 Å². The Morgan fingerprint density at radius 2 is 2.27 bits per heavy atom. The maximum absolute atomic E-state index is 11.2. The van der Waals surface area contributed by atoms with Crippen molar-refractivity contribution >= 4 is 15.8 Å². The Morgan fingerprint density at radius 3 is 2.80 bits per heavy atom. The van der Waals surface area contributed by atoms with Crippen LogP contribution >= 0.6 is 0 Å². The molecule has 0 aliphatic carbocycles. The maximum atomic E-state index is 11.2. The number of carbonyl (C=O) groups is 1. The van der Waals surface area contributed by atoms with Crippen LogP contribution in [-0.2, 0) is 19.4 Å². The molecule has 4 nitrogen and oxygen atoms in total. The first-order valence-electron chi connectivity index (χ1n) is 5.10. The van der Waals surface area contributed by atoms with Crippen molar-refractivity contribution in [1.82, 2.24) is 0 Å². The molecule has 15 heavy (non-hydrogen) atoms. The number of esters is 1. The summed E-state index contributed by atoms with van der Waals surface area (Å²) in [6.07, 6.45) is 3.56. The number of hydrogen-bond donors (Lipinski definition) is 0. The van der Waals surface area contributed by atoms with Crippen LogP contribution in [0.5, 0.6) is 0 Å². The Labute approximate surface area is 90.2 Å². The first kappa shape index (κ1) is 12.2. The van der Waals surface area contributed by atoms with E-state index in [2.05, 4.69) is 0 Å². The number of rotatable bonds is 5. The van der Waals surface area contributed by atoms with E-state index >= 15 is 0 Å². The van der Waals surface area contributed by atoms with Gasteiger partial charge >= 0.3 is 5.97 Å². The number of sulfone groups is 1. The maximum Gasteiger partial charge on any atom is 0.306 e. The predicted octanol–water partition coefficient (Wildman–Crippen LogP) is 1.28. The number of hydrogen-bond acceptors (Lipinski definition) is 4. The van der Waals surface area contributed by atoms with Gasteiger partial charge in [-0.25, -0.2) is 8.42 Å². The summed E-state index contributed by atoms with van der Waals surface area (Å²) in [6, 6.07) is 0. The fraction of sp³-hybridized carbons (Fsp3) is 0.700. The van der Waals surface area contributed by atoms with Gasteiger partial charge in [-0.1, -0.05) is 19.4 Å². The standard InChI is InChI=1S/C10H16O4S/c1-2-3-5-14-10(11)7-9-4-6-15(12,13)8-9/h4,6,9H,2-3,5,7-8H2,1H3. The van der Waals surface area contributed by atoms with Gasteiger partial charge in [-0.15, -0.1) is 0 Å². The highest BCUT2D eigenvalue weighted by Gasteiger charge is 2.24. The van der Waals surface area contributed by atoms with E-state index in [-0.39, 0.29) is 24.1 Å². The number of unbranched alkanes of at least 4 members (excludes halogenated alkanes) is 1. The lowest BCUT2D eigenvalue weighted by Gasteiger charge is -2.06. The van der Waals surface area contributed by atoms with Crippen molar-refractivity contribution in [3.05, 3.63) is 11.5 Å². The summed E-state index contributed by atoms with van der Waals surface area (Å²) in [4.78, 5) is 11.2. The average Bonchev–Trinajstić information content (AvgIpc) is 2.46. The lowest BCUT2D eigenvalue weighted by molar-refractivity contribution is -0.144. The third kappa shape index (κ3) is 4.46. The average molecular weight is 232 g/mol. The van der Waals surface area contributed by atoms with E-state index in [9.17, 15) is 13.2 Å². The molecule has 1 rings (SSSR count). The molecule has 86 valence electrons. The SMILES string of the molecule is CCCCOC(=O)CC1C=CS(=O)(=O)C1. The molecule has 0 radical (unpaired) electrons. The fourth-order valence-corrected chi connectivity index (χ4v) is 2.77. The van der Waals surface area contributed by atoms with Crippen LogP contribution in [0.1, 0.15) is 26.2 Å². The highest BCUT2D eigenvalue weighted by Crippen LogP contribution is 2.18. The summed E-state index contributed by atoms with van der Waals surface area (Å²) < 4.78 is 27.0. The zero-order valence-electron chi connectivity index (χ0n) is 8.81. The first-order chi connectivity index (χ1) is 7.03. The Hall–Kier alpha value is -0.840. The minimum Gasteiger partial charge on any atom is -0.466 e. The van der Waals surface area contributed by atoms with Gasteiger partial charge in [0.25, 0.3) is 0 Å². The van der Waals surface area contributed by atoms with Crippen LogP contribution in [0.15, 0.2) is 11.5 Å². The van der Waals surface area contributed by atoms with E-state index in [0.29, 0.717) is 6.61 Å². The molecule has 1 unspecified atom stereocenters. The van der Waals surface area contributed by atoms with Crippen LogP contribution in [-0.4, -0.2) is 26.7 Å². The molecule has 0 aromatic heterocycles. The topological polar surface area (TPSA) is 60.4 Å². The van der Waals surface area contributed by atoms with Crippen molar-refractivity contribution in [2.75, 3.05) is 12.4 Å². The fourth-order valence-electron chi connectivity index (χ4n) is 1.37. The molecule has 0 amide bonds. The normalized spacial score (nSPS) is 22.9. The molecular weight excluding hydrogens is 216 g/mol. The summed E-state index contributed by atoms with van der Waals surface area (Å²) in [5, 5.41) is 1.18. The summed E-state index contributed by atoms with van der Waals surface area (Å²) in [7, 11) is -3.05. The van der Waals surface area contributed by atoms with Crippen LogP contribution in [0.3, 0.4) is 0 Å². The molecule has 0 bridgehead atoms. The van der Waals surface area contributed by atoms with E-state index in [1.54, 1.807) is 6.08 Å². The first-order valence-corrected chi connectivity index (χ1v) is 6.81. The van der Waals surface area contributed by atoms with Crippen molar-refractivity contribution < 1.29 is 17.9 Å². The zero-order chi connectivity index (χ0) is 11.3. The lowest BCUT2D eigenvalue weighted by Crippen LogP contribution is -2.13. The Kier molecular flexibility index (Phi) is 4.32. The van der Waals surface area contributed by atoms with Gasteiger partial charge in [-0.2, -0.15) is 0 Å². The van der Waals surface area contributed by atoms with Gasteiger partial charge < -0.3 is 4.74 Å². The third-order valence-corrected chi connectivity index (χ3v) is 3.66. The van der Waals surface area contributed by atoms with Crippen molar-refractivity contribution in [3.8, 4) is 0 Å². The molecule has 5 heteroatoms. The number of carbonyl (C=O) groups excluding carboxylic acids is 1. The highest BCUT2D eigenvalue weighted by atomic mass is 32.2. The second kappa shape index (κ2) is 5.30.